The zero-order valence-electron chi connectivity index (χ0n) is 11.5. The second kappa shape index (κ2) is 5.37. The number of alkyl halides is 3. The maximum Gasteiger partial charge on any atom is 0.416 e. The summed E-state index contributed by atoms with van der Waals surface area (Å²) in [6.45, 7) is 1.94. The van der Waals surface area contributed by atoms with Crippen LogP contribution in [0.5, 0.6) is 0 Å². The molecule has 1 unspecified atom stereocenters. The molecular formula is C15H20F3NO. The predicted molar refractivity (Wildman–Crippen MR) is 71.3 cm³/mol. The van der Waals surface area contributed by atoms with Crippen LogP contribution in [0.15, 0.2) is 24.3 Å². The molecule has 0 heterocycles. The Morgan fingerprint density at radius 1 is 1.20 bits per heavy atom. The molecule has 5 heteroatoms. The largest absolute Gasteiger partial charge is 0.416 e. The highest BCUT2D eigenvalue weighted by molar-refractivity contribution is 5.29. The number of hydrogen-bond acceptors (Lipinski definition) is 2. The van der Waals surface area contributed by atoms with Crippen LogP contribution in [0, 0.1) is 0 Å². The molecule has 1 aliphatic rings. The first kappa shape index (κ1) is 15.3. The van der Waals surface area contributed by atoms with Crippen molar-refractivity contribution in [3.05, 3.63) is 35.4 Å². The Morgan fingerprint density at radius 3 is 2.15 bits per heavy atom. The Bertz CT molecular complexity index is 447. The highest BCUT2D eigenvalue weighted by Crippen LogP contribution is 2.38. The number of benzene rings is 1. The average molecular weight is 287 g/mol. The minimum absolute atomic E-state index is 0.0303. The molecule has 3 N–H and O–H groups in total. The van der Waals surface area contributed by atoms with E-state index >= 15 is 0 Å². The van der Waals surface area contributed by atoms with E-state index in [-0.39, 0.29) is 12.0 Å². The minimum Gasteiger partial charge on any atom is -0.393 e. The fraction of sp³-hybridized carbons (Fsp3) is 0.600. The molecule has 0 bridgehead atoms. The van der Waals surface area contributed by atoms with Gasteiger partial charge in [-0.25, -0.2) is 0 Å². The first-order valence-corrected chi connectivity index (χ1v) is 6.86. The lowest BCUT2D eigenvalue weighted by atomic mass is 9.71. The van der Waals surface area contributed by atoms with Crippen LogP contribution < -0.4 is 5.73 Å². The Kier molecular flexibility index (Phi) is 4.12. The molecule has 1 aliphatic carbocycles. The lowest BCUT2D eigenvalue weighted by Crippen LogP contribution is -2.48. The number of nitrogens with two attached hydrogens (primary N) is 1. The van der Waals surface area contributed by atoms with E-state index in [1.807, 2.05) is 6.92 Å². The molecule has 0 aliphatic heterocycles. The highest BCUT2D eigenvalue weighted by atomic mass is 19.4. The lowest BCUT2D eigenvalue weighted by molar-refractivity contribution is -0.137. The van der Waals surface area contributed by atoms with Crippen molar-refractivity contribution in [1.29, 1.82) is 0 Å². The van der Waals surface area contributed by atoms with Crippen molar-refractivity contribution >= 4 is 0 Å². The van der Waals surface area contributed by atoms with E-state index in [1.165, 1.54) is 12.1 Å². The summed E-state index contributed by atoms with van der Waals surface area (Å²) in [5, 5.41) is 9.54. The number of halogens is 3. The van der Waals surface area contributed by atoms with Gasteiger partial charge in [-0.15, -0.1) is 0 Å². The second-order valence-electron chi connectivity index (χ2n) is 5.81. The fourth-order valence-corrected chi connectivity index (χ4v) is 2.87. The summed E-state index contributed by atoms with van der Waals surface area (Å²) in [6.07, 6.45) is -1.92. The third-order valence-electron chi connectivity index (χ3n) is 4.49. The van der Waals surface area contributed by atoms with Gasteiger partial charge < -0.3 is 10.8 Å². The van der Waals surface area contributed by atoms with Gasteiger partial charge in [-0.3, -0.25) is 0 Å². The number of aliphatic hydroxyl groups excluding tert-OH is 1. The van der Waals surface area contributed by atoms with Crippen molar-refractivity contribution in [2.45, 2.75) is 56.3 Å². The second-order valence-corrected chi connectivity index (χ2v) is 5.81. The normalized spacial score (nSPS) is 29.2. The van der Waals surface area contributed by atoms with Crippen molar-refractivity contribution in [3.8, 4) is 0 Å². The molecule has 1 aromatic carbocycles. The predicted octanol–water partition coefficient (Wildman–Crippen LogP) is 3.44. The van der Waals surface area contributed by atoms with Gasteiger partial charge in [0.15, 0.2) is 0 Å². The number of rotatable bonds is 2. The summed E-state index contributed by atoms with van der Waals surface area (Å²) in [5.41, 5.74) is 6.12. The van der Waals surface area contributed by atoms with Crippen LogP contribution in [0.2, 0.25) is 0 Å². The summed E-state index contributed by atoms with van der Waals surface area (Å²) in [4.78, 5) is 0. The standard InChI is InChI=1S/C15H20F3NO/c1-10(14(19)8-6-13(20)7-9-14)11-2-4-12(5-3-11)15(16,17)18/h2-5,10,13,20H,6-9,19H2,1H3. The van der Waals surface area contributed by atoms with E-state index in [9.17, 15) is 18.3 Å². The van der Waals surface area contributed by atoms with E-state index in [0.29, 0.717) is 25.7 Å². The Hall–Kier alpha value is -1.07. The molecule has 0 amide bonds. The maximum atomic E-state index is 12.5. The summed E-state index contributed by atoms with van der Waals surface area (Å²) in [6, 6.07) is 5.22. The van der Waals surface area contributed by atoms with Crippen molar-refractivity contribution < 1.29 is 18.3 Å². The molecule has 1 saturated carbocycles. The Morgan fingerprint density at radius 2 is 1.70 bits per heavy atom. The lowest BCUT2D eigenvalue weighted by Gasteiger charge is -2.40. The third-order valence-corrected chi connectivity index (χ3v) is 4.49. The van der Waals surface area contributed by atoms with Crippen molar-refractivity contribution in [2.75, 3.05) is 0 Å². The quantitative estimate of drug-likeness (QED) is 0.875. The van der Waals surface area contributed by atoms with Crippen molar-refractivity contribution in [1.82, 2.24) is 0 Å². The molecule has 20 heavy (non-hydrogen) atoms. The van der Waals surface area contributed by atoms with Crippen LogP contribution in [-0.2, 0) is 6.18 Å². The van der Waals surface area contributed by atoms with Crippen LogP contribution in [0.1, 0.15) is 49.7 Å². The van der Waals surface area contributed by atoms with Crippen LogP contribution in [0.4, 0.5) is 13.2 Å². The first-order valence-electron chi connectivity index (χ1n) is 6.86. The van der Waals surface area contributed by atoms with Crippen LogP contribution >= 0.6 is 0 Å². The molecule has 112 valence electrons. The molecule has 1 aromatic rings. The van der Waals surface area contributed by atoms with E-state index < -0.39 is 17.3 Å². The molecule has 0 radical (unpaired) electrons. The van der Waals surface area contributed by atoms with Gasteiger partial charge in [0, 0.05) is 5.54 Å². The van der Waals surface area contributed by atoms with Gasteiger partial charge in [-0.1, -0.05) is 19.1 Å². The Balaban J connectivity index is 2.15. The molecule has 2 rings (SSSR count). The van der Waals surface area contributed by atoms with Gasteiger partial charge in [0.25, 0.3) is 0 Å². The number of aliphatic hydroxyl groups is 1. The smallest absolute Gasteiger partial charge is 0.393 e. The fourth-order valence-electron chi connectivity index (χ4n) is 2.87. The van der Waals surface area contributed by atoms with E-state index in [2.05, 4.69) is 0 Å². The van der Waals surface area contributed by atoms with Crippen molar-refractivity contribution in [3.63, 3.8) is 0 Å². The van der Waals surface area contributed by atoms with Gasteiger partial charge in [0.2, 0.25) is 0 Å². The monoisotopic (exact) mass is 287 g/mol. The van der Waals surface area contributed by atoms with E-state index in [0.717, 1.165) is 17.7 Å². The van der Waals surface area contributed by atoms with Crippen LogP contribution in [0.25, 0.3) is 0 Å². The summed E-state index contributed by atoms with van der Waals surface area (Å²) in [5.74, 6) is -0.0303. The molecular weight excluding hydrogens is 267 g/mol. The molecule has 1 fully saturated rings. The zero-order valence-corrected chi connectivity index (χ0v) is 11.5. The van der Waals surface area contributed by atoms with Gasteiger partial charge in [-0.2, -0.15) is 13.2 Å². The van der Waals surface area contributed by atoms with Crippen LogP contribution in [-0.4, -0.2) is 16.7 Å². The topological polar surface area (TPSA) is 46.2 Å². The van der Waals surface area contributed by atoms with E-state index in [4.69, 9.17) is 5.73 Å². The summed E-state index contributed by atoms with van der Waals surface area (Å²) >= 11 is 0. The molecule has 0 spiro atoms. The number of hydrogen-bond donors (Lipinski definition) is 2. The SMILES string of the molecule is CC(c1ccc(C(F)(F)F)cc1)C1(N)CCC(O)CC1. The highest BCUT2D eigenvalue weighted by Gasteiger charge is 2.37. The minimum atomic E-state index is -4.31. The zero-order chi connectivity index (χ0) is 15.0. The van der Waals surface area contributed by atoms with E-state index in [1.54, 1.807) is 0 Å². The molecule has 0 saturated heterocycles. The summed E-state index contributed by atoms with van der Waals surface area (Å²) in [7, 11) is 0. The molecule has 1 atom stereocenters. The van der Waals surface area contributed by atoms with Gasteiger partial charge in [0.05, 0.1) is 11.7 Å². The average Bonchev–Trinajstić information content (AvgIpc) is 2.41. The van der Waals surface area contributed by atoms with Crippen molar-refractivity contribution in [2.24, 2.45) is 5.73 Å². The van der Waals surface area contributed by atoms with Gasteiger partial charge in [0.1, 0.15) is 0 Å². The van der Waals surface area contributed by atoms with Gasteiger partial charge in [-0.05, 0) is 49.3 Å². The Labute approximate surface area is 116 Å². The first-order chi connectivity index (χ1) is 9.22. The van der Waals surface area contributed by atoms with Gasteiger partial charge >= 0.3 is 6.18 Å². The molecule has 0 aromatic heterocycles. The third kappa shape index (κ3) is 3.15. The van der Waals surface area contributed by atoms with Crippen LogP contribution in [0.3, 0.4) is 0 Å². The summed E-state index contributed by atoms with van der Waals surface area (Å²) < 4.78 is 37.6. The molecule has 2 nitrogen and oxygen atoms in total. The maximum absolute atomic E-state index is 12.5.